The maximum absolute atomic E-state index is 8.75. The van der Waals surface area contributed by atoms with Crippen molar-refractivity contribution in [1.29, 1.82) is 0 Å². The van der Waals surface area contributed by atoms with Crippen molar-refractivity contribution >= 4 is 17.2 Å². The van der Waals surface area contributed by atoms with Crippen LogP contribution in [0.25, 0.3) is 0 Å². The number of thiophene rings is 1. The monoisotopic (exact) mass is 303 g/mol. The fourth-order valence-electron chi connectivity index (χ4n) is 2.21. The molecule has 0 aliphatic rings. The fourth-order valence-corrected chi connectivity index (χ4v) is 3.03. The summed E-state index contributed by atoms with van der Waals surface area (Å²) in [7, 11) is 2.12. The lowest BCUT2D eigenvalue weighted by Gasteiger charge is -2.24. The molecule has 4 nitrogen and oxygen atoms in total. The lowest BCUT2D eigenvalue weighted by molar-refractivity contribution is 0.249. The van der Waals surface area contributed by atoms with E-state index in [-0.39, 0.29) is 5.84 Å². The van der Waals surface area contributed by atoms with Crippen molar-refractivity contribution in [1.82, 2.24) is 4.90 Å². The molecule has 1 atom stereocenters. The topological polar surface area (TPSA) is 61.8 Å². The molecular formula is C16H21N3OS. The van der Waals surface area contributed by atoms with E-state index >= 15 is 0 Å². The van der Waals surface area contributed by atoms with Gasteiger partial charge in [0.1, 0.15) is 0 Å². The third kappa shape index (κ3) is 4.31. The van der Waals surface area contributed by atoms with Crippen LogP contribution in [0.15, 0.2) is 46.9 Å². The van der Waals surface area contributed by atoms with E-state index in [2.05, 4.69) is 47.6 Å². The second kappa shape index (κ2) is 7.24. The van der Waals surface area contributed by atoms with E-state index in [1.165, 1.54) is 4.88 Å². The molecule has 0 fully saturated rings. The van der Waals surface area contributed by atoms with Gasteiger partial charge in [0.25, 0.3) is 0 Å². The van der Waals surface area contributed by atoms with Gasteiger partial charge in [-0.15, -0.1) is 11.3 Å². The van der Waals surface area contributed by atoms with Crippen LogP contribution in [0.5, 0.6) is 0 Å². The molecule has 0 aliphatic carbocycles. The van der Waals surface area contributed by atoms with E-state index in [4.69, 9.17) is 10.9 Å². The van der Waals surface area contributed by atoms with E-state index < -0.39 is 0 Å². The van der Waals surface area contributed by atoms with Gasteiger partial charge >= 0.3 is 0 Å². The fraction of sp³-hybridized carbons (Fsp3) is 0.312. The highest BCUT2D eigenvalue weighted by Crippen LogP contribution is 2.15. The predicted molar refractivity (Wildman–Crippen MR) is 87.9 cm³/mol. The van der Waals surface area contributed by atoms with Crippen LogP contribution in [0.1, 0.15) is 22.9 Å². The van der Waals surface area contributed by atoms with Crippen LogP contribution in [-0.2, 0) is 13.0 Å². The molecule has 21 heavy (non-hydrogen) atoms. The summed E-state index contributed by atoms with van der Waals surface area (Å²) >= 11 is 1.80. The zero-order chi connectivity index (χ0) is 15.2. The van der Waals surface area contributed by atoms with Crippen LogP contribution in [0.4, 0.5) is 0 Å². The summed E-state index contributed by atoms with van der Waals surface area (Å²) in [6.45, 7) is 3.06. The number of hydrogen-bond donors (Lipinski definition) is 2. The van der Waals surface area contributed by atoms with Gasteiger partial charge in [0, 0.05) is 23.0 Å². The van der Waals surface area contributed by atoms with E-state index in [0.717, 1.165) is 24.1 Å². The van der Waals surface area contributed by atoms with Gasteiger partial charge in [0.15, 0.2) is 5.84 Å². The average Bonchev–Trinajstić information content (AvgIpc) is 2.99. The molecule has 0 aliphatic heterocycles. The molecule has 0 amide bonds. The van der Waals surface area contributed by atoms with Crippen molar-refractivity contribution in [2.75, 3.05) is 7.05 Å². The summed E-state index contributed by atoms with van der Waals surface area (Å²) in [6, 6.07) is 12.5. The Balaban J connectivity index is 2.00. The van der Waals surface area contributed by atoms with Crippen molar-refractivity contribution in [2.45, 2.75) is 25.9 Å². The highest BCUT2D eigenvalue weighted by molar-refractivity contribution is 7.09. The molecule has 2 rings (SSSR count). The van der Waals surface area contributed by atoms with E-state index in [1.807, 2.05) is 18.2 Å². The summed E-state index contributed by atoms with van der Waals surface area (Å²) in [4.78, 5) is 3.71. The first kappa shape index (κ1) is 15.5. The van der Waals surface area contributed by atoms with Crippen LogP contribution >= 0.6 is 11.3 Å². The highest BCUT2D eigenvalue weighted by Gasteiger charge is 2.11. The van der Waals surface area contributed by atoms with E-state index in [0.29, 0.717) is 6.04 Å². The SMILES string of the molecule is CC(Cc1cccs1)N(C)Cc1cccc(C(N)=NO)c1. The molecule has 112 valence electrons. The van der Waals surface area contributed by atoms with Crippen LogP contribution in [0.2, 0.25) is 0 Å². The Morgan fingerprint density at radius 1 is 1.38 bits per heavy atom. The lowest BCUT2D eigenvalue weighted by Crippen LogP contribution is -2.30. The summed E-state index contributed by atoms with van der Waals surface area (Å²) in [5.41, 5.74) is 7.53. The molecule has 1 aromatic heterocycles. The van der Waals surface area contributed by atoms with Gasteiger partial charge < -0.3 is 10.9 Å². The quantitative estimate of drug-likeness (QED) is 0.373. The maximum atomic E-state index is 8.75. The summed E-state index contributed by atoms with van der Waals surface area (Å²) in [6.07, 6.45) is 1.05. The zero-order valence-electron chi connectivity index (χ0n) is 12.4. The second-order valence-electron chi connectivity index (χ2n) is 5.23. The van der Waals surface area contributed by atoms with Crippen LogP contribution < -0.4 is 5.73 Å². The Morgan fingerprint density at radius 2 is 2.19 bits per heavy atom. The number of amidine groups is 1. The largest absolute Gasteiger partial charge is 0.409 e. The van der Waals surface area contributed by atoms with Gasteiger partial charge in [-0.25, -0.2) is 0 Å². The molecule has 5 heteroatoms. The number of rotatable bonds is 6. The minimum atomic E-state index is 0.145. The number of nitrogens with two attached hydrogens (primary N) is 1. The Bertz CT molecular complexity index is 595. The first-order valence-corrected chi connectivity index (χ1v) is 7.77. The molecule has 0 saturated heterocycles. The molecule has 0 radical (unpaired) electrons. The maximum Gasteiger partial charge on any atom is 0.170 e. The standard InChI is InChI=1S/C16H21N3OS/c1-12(9-15-7-4-8-21-15)19(2)11-13-5-3-6-14(10-13)16(17)18-20/h3-8,10,12,20H,9,11H2,1-2H3,(H2,17,18). The predicted octanol–water partition coefficient (Wildman–Crippen LogP) is 2.91. The van der Waals surface area contributed by atoms with Crippen molar-refractivity contribution in [3.8, 4) is 0 Å². The van der Waals surface area contributed by atoms with Gasteiger partial charge in [-0.05, 0) is 43.5 Å². The molecule has 1 aromatic carbocycles. The molecule has 1 unspecified atom stereocenters. The third-order valence-electron chi connectivity index (χ3n) is 3.59. The average molecular weight is 303 g/mol. The molecular weight excluding hydrogens is 282 g/mol. The minimum Gasteiger partial charge on any atom is -0.409 e. The van der Waals surface area contributed by atoms with Crippen LogP contribution in [-0.4, -0.2) is 29.0 Å². The molecule has 2 aromatic rings. The molecule has 0 bridgehead atoms. The van der Waals surface area contributed by atoms with Gasteiger partial charge in [-0.3, -0.25) is 4.90 Å². The van der Waals surface area contributed by atoms with Crippen molar-refractivity contribution < 1.29 is 5.21 Å². The van der Waals surface area contributed by atoms with Crippen LogP contribution in [0, 0.1) is 0 Å². The highest BCUT2D eigenvalue weighted by atomic mass is 32.1. The zero-order valence-corrected chi connectivity index (χ0v) is 13.2. The number of benzene rings is 1. The van der Waals surface area contributed by atoms with E-state index in [1.54, 1.807) is 11.3 Å². The lowest BCUT2D eigenvalue weighted by atomic mass is 10.1. The van der Waals surface area contributed by atoms with Crippen molar-refractivity contribution in [3.05, 3.63) is 57.8 Å². The third-order valence-corrected chi connectivity index (χ3v) is 4.49. The van der Waals surface area contributed by atoms with Crippen LogP contribution in [0.3, 0.4) is 0 Å². The van der Waals surface area contributed by atoms with Gasteiger partial charge in [0.2, 0.25) is 0 Å². The normalized spacial score (nSPS) is 13.6. The molecule has 3 N–H and O–H groups in total. The second-order valence-corrected chi connectivity index (χ2v) is 6.27. The summed E-state index contributed by atoms with van der Waals surface area (Å²) in [5, 5.41) is 13.9. The van der Waals surface area contributed by atoms with Crippen molar-refractivity contribution in [2.24, 2.45) is 10.9 Å². The molecule has 1 heterocycles. The molecule has 0 saturated carbocycles. The Morgan fingerprint density at radius 3 is 2.86 bits per heavy atom. The van der Waals surface area contributed by atoms with Gasteiger partial charge in [-0.2, -0.15) is 0 Å². The van der Waals surface area contributed by atoms with Gasteiger partial charge in [-0.1, -0.05) is 29.4 Å². The summed E-state index contributed by atoms with van der Waals surface area (Å²) < 4.78 is 0. The summed E-state index contributed by atoms with van der Waals surface area (Å²) in [5.74, 6) is 0.145. The van der Waals surface area contributed by atoms with Gasteiger partial charge in [0.05, 0.1) is 0 Å². The van der Waals surface area contributed by atoms with E-state index in [9.17, 15) is 0 Å². The van der Waals surface area contributed by atoms with Crippen molar-refractivity contribution in [3.63, 3.8) is 0 Å². The number of nitrogens with zero attached hydrogens (tertiary/aromatic N) is 2. The Kier molecular flexibility index (Phi) is 5.36. The first-order valence-electron chi connectivity index (χ1n) is 6.89. The molecule has 0 spiro atoms. The number of likely N-dealkylation sites (N-methyl/N-ethyl adjacent to an activating group) is 1. The Hall–Kier alpha value is -1.85. The smallest absolute Gasteiger partial charge is 0.170 e. The minimum absolute atomic E-state index is 0.145. The first-order chi connectivity index (χ1) is 10.1. The Labute approximate surface area is 129 Å². The number of hydrogen-bond acceptors (Lipinski definition) is 4. The number of oxime groups is 1.